The molecule has 1 saturated heterocycles. The summed E-state index contributed by atoms with van der Waals surface area (Å²) in [6.07, 6.45) is 0.0743. The van der Waals surface area contributed by atoms with E-state index in [0.717, 1.165) is 0 Å². The van der Waals surface area contributed by atoms with Crippen LogP contribution in [0.25, 0.3) is 0 Å². The number of hydrogen-bond donors (Lipinski definition) is 1. The molecule has 0 bridgehead atoms. The Morgan fingerprint density at radius 2 is 2.09 bits per heavy atom. The monoisotopic (exact) mass is 180 g/mol. The van der Waals surface area contributed by atoms with Gasteiger partial charge in [0.05, 0.1) is 6.10 Å². The summed E-state index contributed by atoms with van der Waals surface area (Å²) < 4.78 is 35.0. The van der Waals surface area contributed by atoms with Gasteiger partial charge in [-0.25, -0.2) is 0 Å². The number of epoxide rings is 1. The van der Waals surface area contributed by atoms with E-state index in [-0.39, 0.29) is 12.2 Å². The first-order valence-electron chi connectivity index (χ1n) is 3.58. The van der Waals surface area contributed by atoms with Crippen molar-refractivity contribution in [3.05, 3.63) is 0 Å². The van der Waals surface area contributed by atoms with Crippen molar-refractivity contribution < 1.29 is 17.7 Å². The molecule has 0 aromatic heterocycles. The lowest BCUT2D eigenvalue weighted by Gasteiger charge is -2.06. The van der Waals surface area contributed by atoms with E-state index in [2.05, 4.69) is 0 Å². The molecule has 0 aliphatic carbocycles. The fourth-order valence-corrected chi connectivity index (χ4v) is 2.25. The van der Waals surface area contributed by atoms with Crippen LogP contribution in [0.3, 0.4) is 0 Å². The maximum absolute atomic E-state index is 10.7. The Hall–Kier alpha value is -0.130. The fraction of sp³-hybridized carbons (Fsp3) is 1.00. The van der Waals surface area contributed by atoms with Crippen LogP contribution in [0.2, 0.25) is 0 Å². The van der Waals surface area contributed by atoms with Crippen LogP contribution in [-0.2, 0) is 14.9 Å². The van der Waals surface area contributed by atoms with E-state index in [4.69, 9.17) is 9.29 Å². The maximum Gasteiger partial charge on any atom is 0.270 e. The summed E-state index contributed by atoms with van der Waals surface area (Å²) in [4.78, 5) is 0. The van der Waals surface area contributed by atoms with Crippen molar-refractivity contribution in [2.45, 2.75) is 37.7 Å². The molecular weight excluding hydrogens is 168 g/mol. The van der Waals surface area contributed by atoms with Gasteiger partial charge in [0, 0.05) is 0 Å². The topological polar surface area (TPSA) is 66.9 Å². The Morgan fingerprint density at radius 3 is 2.18 bits per heavy atom. The molecule has 4 nitrogen and oxygen atoms in total. The molecule has 0 aromatic carbocycles. The van der Waals surface area contributed by atoms with E-state index >= 15 is 0 Å². The molecule has 1 rings (SSSR count). The largest absolute Gasteiger partial charge is 0.368 e. The van der Waals surface area contributed by atoms with Gasteiger partial charge in [-0.05, 0) is 13.3 Å². The SMILES string of the molecule is CCC(C1OC1C)S(=O)(=O)O. The molecule has 1 heterocycles. The van der Waals surface area contributed by atoms with Gasteiger partial charge in [0.2, 0.25) is 0 Å². The normalized spacial score (nSPS) is 33.4. The highest BCUT2D eigenvalue weighted by Crippen LogP contribution is 2.29. The first-order valence-corrected chi connectivity index (χ1v) is 5.09. The zero-order chi connectivity index (χ0) is 8.65. The molecule has 0 radical (unpaired) electrons. The van der Waals surface area contributed by atoms with Crippen LogP contribution in [0.1, 0.15) is 20.3 Å². The van der Waals surface area contributed by atoms with Gasteiger partial charge in [0.15, 0.2) is 0 Å². The number of ether oxygens (including phenoxy) is 1. The Morgan fingerprint density at radius 1 is 1.64 bits per heavy atom. The molecule has 1 aliphatic heterocycles. The van der Waals surface area contributed by atoms with Gasteiger partial charge in [-0.1, -0.05) is 6.92 Å². The highest BCUT2D eigenvalue weighted by Gasteiger charge is 2.46. The van der Waals surface area contributed by atoms with Gasteiger partial charge in [-0.3, -0.25) is 4.55 Å². The second kappa shape index (κ2) is 2.73. The standard InChI is InChI=1S/C6H12O4S/c1-3-5(11(7,8)9)6-4(2)10-6/h4-6H,3H2,1-2H3,(H,7,8,9). The Balaban J connectivity index is 2.66. The second-order valence-corrected chi connectivity index (χ2v) is 4.40. The van der Waals surface area contributed by atoms with Crippen molar-refractivity contribution >= 4 is 10.1 Å². The molecular formula is C6H12O4S. The first-order chi connectivity index (χ1) is 4.96. The van der Waals surface area contributed by atoms with E-state index in [1.165, 1.54) is 0 Å². The predicted molar refractivity (Wildman–Crippen MR) is 40.0 cm³/mol. The summed E-state index contributed by atoms with van der Waals surface area (Å²) in [5, 5.41) is -0.738. The van der Waals surface area contributed by atoms with Crippen molar-refractivity contribution in [2.75, 3.05) is 0 Å². The van der Waals surface area contributed by atoms with Crippen LogP contribution in [0.15, 0.2) is 0 Å². The minimum absolute atomic E-state index is 0.0260. The van der Waals surface area contributed by atoms with E-state index < -0.39 is 15.4 Å². The van der Waals surface area contributed by atoms with Crippen molar-refractivity contribution in [3.63, 3.8) is 0 Å². The van der Waals surface area contributed by atoms with Crippen LogP contribution in [-0.4, -0.2) is 30.4 Å². The van der Waals surface area contributed by atoms with Gasteiger partial charge in [-0.15, -0.1) is 0 Å². The van der Waals surface area contributed by atoms with Crippen molar-refractivity contribution in [1.29, 1.82) is 0 Å². The maximum atomic E-state index is 10.7. The molecule has 1 N–H and O–H groups in total. The lowest BCUT2D eigenvalue weighted by molar-refractivity contribution is 0.360. The summed E-state index contributed by atoms with van der Waals surface area (Å²) in [6, 6.07) is 0. The Kier molecular flexibility index (Phi) is 2.22. The second-order valence-electron chi connectivity index (χ2n) is 2.77. The third-order valence-electron chi connectivity index (χ3n) is 1.91. The molecule has 1 fully saturated rings. The molecule has 11 heavy (non-hydrogen) atoms. The quantitative estimate of drug-likeness (QED) is 0.505. The van der Waals surface area contributed by atoms with Gasteiger partial charge >= 0.3 is 0 Å². The van der Waals surface area contributed by atoms with E-state index in [1.807, 2.05) is 0 Å². The molecule has 0 saturated carbocycles. The van der Waals surface area contributed by atoms with Crippen LogP contribution in [0, 0.1) is 0 Å². The molecule has 1 aliphatic rings. The average Bonchev–Trinajstić information content (AvgIpc) is 2.45. The molecule has 3 unspecified atom stereocenters. The van der Waals surface area contributed by atoms with Crippen molar-refractivity contribution in [1.82, 2.24) is 0 Å². The zero-order valence-electron chi connectivity index (χ0n) is 6.52. The van der Waals surface area contributed by atoms with Gasteiger partial charge in [-0.2, -0.15) is 8.42 Å². The average molecular weight is 180 g/mol. The summed E-state index contributed by atoms with van der Waals surface area (Å²) in [5.41, 5.74) is 0. The van der Waals surface area contributed by atoms with E-state index in [1.54, 1.807) is 13.8 Å². The van der Waals surface area contributed by atoms with Gasteiger partial charge in [0.25, 0.3) is 10.1 Å². The van der Waals surface area contributed by atoms with Crippen LogP contribution in [0.4, 0.5) is 0 Å². The summed E-state index contributed by atoms with van der Waals surface area (Å²) >= 11 is 0. The first kappa shape index (κ1) is 8.96. The number of rotatable bonds is 3. The summed E-state index contributed by atoms with van der Waals surface area (Å²) in [7, 11) is -3.91. The van der Waals surface area contributed by atoms with E-state index in [0.29, 0.717) is 6.42 Å². The predicted octanol–water partition coefficient (Wildman–Crippen LogP) is 0.440. The van der Waals surface area contributed by atoms with Crippen LogP contribution in [0.5, 0.6) is 0 Å². The zero-order valence-corrected chi connectivity index (χ0v) is 7.34. The smallest absolute Gasteiger partial charge is 0.270 e. The Bertz CT molecular complexity index is 233. The van der Waals surface area contributed by atoms with Crippen LogP contribution >= 0.6 is 0 Å². The van der Waals surface area contributed by atoms with Crippen LogP contribution < -0.4 is 0 Å². The third-order valence-corrected chi connectivity index (χ3v) is 3.28. The molecule has 0 amide bonds. The lowest BCUT2D eigenvalue weighted by atomic mass is 10.2. The minimum atomic E-state index is -3.91. The highest BCUT2D eigenvalue weighted by molar-refractivity contribution is 7.86. The molecule has 66 valence electrons. The molecule has 3 atom stereocenters. The van der Waals surface area contributed by atoms with Gasteiger partial charge < -0.3 is 4.74 Å². The Labute approximate surface area is 66.3 Å². The van der Waals surface area contributed by atoms with Gasteiger partial charge in [0.1, 0.15) is 11.4 Å². The minimum Gasteiger partial charge on any atom is -0.368 e. The summed E-state index contributed by atoms with van der Waals surface area (Å²) in [5.74, 6) is 0. The van der Waals surface area contributed by atoms with Crippen molar-refractivity contribution in [2.24, 2.45) is 0 Å². The number of hydrogen-bond acceptors (Lipinski definition) is 3. The molecule has 5 heteroatoms. The molecule has 0 aromatic rings. The van der Waals surface area contributed by atoms with E-state index in [9.17, 15) is 8.42 Å². The molecule has 0 spiro atoms. The lowest BCUT2D eigenvalue weighted by Crippen LogP contribution is -2.26. The van der Waals surface area contributed by atoms with Crippen molar-refractivity contribution in [3.8, 4) is 0 Å². The third kappa shape index (κ3) is 1.91. The highest BCUT2D eigenvalue weighted by atomic mass is 32.2. The fourth-order valence-electron chi connectivity index (χ4n) is 1.20. The summed E-state index contributed by atoms with van der Waals surface area (Å²) in [6.45, 7) is 3.51.